The molecule has 7 nitrogen and oxygen atoms in total. The quantitative estimate of drug-likeness (QED) is 0.338. The Labute approximate surface area is 194 Å². The molecule has 170 valence electrons. The highest BCUT2D eigenvalue weighted by molar-refractivity contribution is 7.89. The van der Waals surface area contributed by atoms with E-state index >= 15 is 0 Å². The summed E-state index contributed by atoms with van der Waals surface area (Å²) in [4.78, 5) is 39.6. The normalized spacial score (nSPS) is 20.4. The van der Waals surface area contributed by atoms with E-state index in [1.807, 2.05) is 36.4 Å². The van der Waals surface area contributed by atoms with Crippen LogP contribution >= 0.6 is 0 Å². The summed E-state index contributed by atoms with van der Waals surface area (Å²) in [6.07, 6.45) is 3.49. The largest absolute Gasteiger partial charge is 0.466 e. The molecule has 33 heavy (non-hydrogen) atoms. The Morgan fingerprint density at radius 1 is 1.09 bits per heavy atom. The molecule has 2 aromatic carbocycles. The number of esters is 2. The van der Waals surface area contributed by atoms with Crippen LogP contribution in [0.4, 0.5) is 0 Å². The molecule has 0 saturated carbocycles. The lowest BCUT2D eigenvalue weighted by atomic mass is 9.84. The average Bonchev–Trinajstić information content (AvgIpc) is 3.21. The molecule has 4 rings (SSSR count). The molecule has 0 spiro atoms. The molecule has 2 aromatic rings. The van der Waals surface area contributed by atoms with Crippen molar-refractivity contribution in [2.45, 2.75) is 30.4 Å². The molecule has 0 radical (unpaired) electrons. The second-order valence-electron chi connectivity index (χ2n) is 7.66. The fraction of sp³-hybridized carbons (Fsp3) is 0.240. The van der Waals surface area contributed by atoms with Gasteiger partial charge in [0.15, 0.2) is 0 Å². The maximum Gasteiger partial charge on any atom is 0.356 e. The first-order valence-corrected chi connectivity index (χ1v) is 11.6. The fourth-order valence-electron chi connectivity index (χ4n) is 4.03. The van der Waals surface area contributed by atoms with Crippen LogP contribution in [0, 0.1) is 5.92 Å². The van der Waals surface area contributed by atoms with Gasteiger partial charge in [-0.2, -0.15) is 0 Å². The Morgan fingerprint density at radius 3 is 2.42 bits per heavy atom. The first-order valence-electron chi connectivity index (χ1n) is 10.5. The van der Waals surface area contributed by atoms with Crippen LogP contribution in [0.1, 0.15) is 18.4 Å². The van der Waals surface area contributed by atoms with Gasteiger partial charge in [-0.05, 0) is 24.1 Å². The summed E-state index contributed by atoms with van der Waals surface area (Å²) in [5.74, 6) is -1.83. The van der Waals surface area contributed by atoms with Gasteiger partial charge in [0.1, 0.15) is 12.3 Å². The van der Waals surface area contributed by atoms with Gasteiger partial charge in [-0.3, -0.25) is 4.79 Å². The van der Waals surface area contributed by atoms with Gasteiger partial charge in [-0.25, -0.2) is 13.8 Å². The third-order valence-electron chi connectivity index (χ3n) is 5.68. The van der Waals surface area contributed by atoms with Crippen molar-refractivity contribution in [1.82, 2.24) is 4.90 Å². The minimum Gasteiger partial charge on any atom is -0.466 e. The minimum atomic E-state index is -1.61. The number of carbonyl (C=O) groups is 3. The van der Waals surface area contributed by atoms with Crippen molar-refractivity contribution >= 4 is 28.6 Å². The topological polar surface area (TPSA) is 90.0 Å². The summed E-state index contributed by atoms with van der Waals surface area (Å²) >= 11 is 0. The molecule has 2 heterocycles. The van der Waals surface area contributed by atoms with E-state index in [0.29, 0.717) is 22.6 Å². The lowest BCUT2D eigenvalue weighted by molar-refractivity contribution is -0.157. The summed E-state index contributed by atoms with van der Waals surface area (Å²) in [6.45, 7) is 0.0480. The van der Waals surface area contributed by atoms with E-state index in [2.05, 4.69) is 4.74 Å². The Bertz CT molecular complexity index is 1140. The van der Waals surface area contributed by atoms with Crippen LogP contribution in [0.25, 0.3) is 0 Å². The van der Waals surface area contributed by atoms with E-state index in [-0.39, 0.29) is 24.3 Å². The molecule has 1 amide bonds. The Kier molecular flexibility index (Phi) is 6.84. The van der Waals surface area contributed by atoms with Gasteiger partial charge >= 0.3 is 11.9 Å². The number of β-lactam (4-membered cyclic amide) rings is 1. The van der Waals surface area contributed by atoms with E-state index < -0.39 is 28.7 Å². The molecule has 1 fully saturated rings. The van der Waals surface area contributed by atoms with Crippen molar-refractivity contribution in [3.8, 4) is 0 Å². The van der Waals surface area contributed by atoms with Crippen molar-refractivity contribution in [3.63, 3.8) is 0 Å². The average molecular weight is 466 g/mol. The van der Waals surface area contributed by atoms with Crippen LogP contribution in [0.5, 0.6) is 0 Å². The van der Waals surface area contributed by atoms with E-state index in [1.54, 1.807) is 30.3 Å². The maximum atomic E-state index is 13.3. The second-order valence-corrected chi connectivity index (χ2v) is 9.16. The van der Waals surface area contributed by atoms with Crippen LogP contribution in [-0.4, -0.2) is 40.1 Å². The molecule has 0 bridgehead atoms. The molecule has 0 aromatic heterocycles. The number of methoxy groups -OCH3 is 1. The summed E-state index contributed by atoms with van der Waals surface area (Å²) in [5.41, 5.74) is 0.879. The van der Waals surface area contributed by atoms with Crippen LogP contribution in [0.15, 0.2) is 88.3 Å². The fourth-order valence-corrected chi connectivity index (χ4v) is 5.39. The highest BCUT2D eigenvalue weighted by Gasteiger charge is 2.55. The van der Waals surface area contributed by atoms with Gasteiger partial charge in [-0.15, -0.1) is 0 Å². The molecule has 2 aliphatic rings. The molecule has 8 heteroatoms. The van der Waals surface area contributed by atoms with E-state index in [9.17, 15) is 18.6 Å². The minimum absolute atomic E-state index is 0.0480. The van der Waals surface area contributed by atoms with Crippen molar-refractivity contribution in [3.05, 3.63) is 89.0 Å². The number of hydrogen-bond donors (Lipinski definition) is 0. The van der Waals surface area contributed by atoms with Crippen LogP contribution in [-0.2, 0) is 41.3 Å². The highest BCUT2D eigenvalue weighted by atomic mass is 32.2. The standard InChI is InChI=1S/C25H23NO6S/c1-31-22(27)14-8-13-19-20-15-21(33(30)18-11-6-3-7-12-18)23(26(20)24(19)28)25(29)32-16-17-9-4-2-5-10-17/h2-12,14,19-20H,13,15-16H2,1H3. The number of fused-ring (bicyclic) bond motifs is 1. The van der Waals surface area contributed by atoms with Crippen LogP contribution in [0.2, 0.25) is 0 Å². The number of allylic oxidation sites excluding steroid dienone is 1. The summed E-state index contributed by atoms with van der Waals surface area (Å²) in [6, 6.07) is 17.7. The number of rotatable bonds is 8. The predicted octanol–water partition coefficient (Wildman–Crippen LogP) is 3.10. The highest BCUT2D eigenvalue weighted by Crippen LogP contribution is 2.46. The zero-order valence-corrected chi connectivity index (χ0v) is 18.8. The molecule has 3 unspecified atom stereocenters. The van der Waals surface area contributed by atoms with E-state index in [4.69, 9.17) is 4.74 Å². The lowest BCUT2D eigenvalue weighted by Crippen LogP contribution is -2.58. The third-order valence-corrected chi connectivity index (χ3v) is 7.19. The van der Waals surface area contributed by atoms with Crippen LogP contribution in [0.3, 0.4) is 0 Å². The molecular formula is C25H23NO6S. The summed E-state index contributed by atoms with van der Waals surface area (Å²) < 4.78 is 23.4. The van der Waals surface area contributed by atoms with Crippen molar-refractivity contribution in [2.75, 3.05) is 7.11 Å². The van der Waals surface area contributed by atoms with Gasteiger partial charge < -0.3 is 14.4 Å². The second kappa shape index (κ2) is 9.95. The van der Waals surface area contributed by atoms with Gasteiger partial charge in [0.2, 0.25) is 5.91 Å². The van der Waals surface area contributed by atoms with Crippen LogP contribution < -0.4 is 0 Å². The predicted molar refractivity (Wildman–Crippen MR) is 121 cm³/mol. The number of benzene rings is 2. The van der Waals surface area contributed by atoms with Crippen molar-refractivity contribution in [2.24, 2.45) is 5.92 Å². The van der Waals surface area contributed by atoms with Crippen molar-refractivity contribution < 1.29 is 28.1 Å². The first kappa shape index (κ1) is 22.7. The molecule has 0 N–H and O–H groups in total. The Balaban J connectivity index is 1.57. The number of hydrogen-bond acceptors (Lipinski definition) is 6. The smallest absolute Gasteiger partial charge is 0.356 e. The summed E-state index contributed by atoms with van der Waals surface area (Å²) in [7, 11) is -0.330. The Hall–Kier alpha value is -3.52. The van der Waals surface area contributed by atoms with Gasteiger partial charge in [0.05, 0.1) is 34.8 Å². The molecule has 0 aliphatic carbocycles. The maximum absolute atomic E-state index is 13.3. The number of ether oxygens (including phenoxy) is 2. The van der Waals surface area contributed by atoms with E-state index in [0.717, 1.165) is 5.56 Å². The Morgan fingerprint density at radius 2 is 1.76 bits per heavy atom. The van der Waals surface area contributed by atoms with Gasteiger partial charge in [-0.1, -0.05) is 54.6 Å². The lowest BCUT2D eigenvalue weighted by Gasteiger charge is -2.43. The zero-order chi connectivity index (χ0) is 23.4. The molecular weight excluding hydrogens is 442 g/mol. The molecule has 2 aliphatic heterocycles. The third kappa shape index (κ3) is 4.66. The number of amides is 1. The SMILES string of the molecule is COC(=O)C=CCC1C(=O)N2C(C(=O)OCc3ccccc3)=C(S(=O)c3ccccc3)CC12. The van der Waals surface area contributed by atoms with E-state index in [1.165, 1.54) is 18.1 Å². The monoisotopic (exact) mass is 465 g/mol. The van der Waals surface area contributed by atoms with Gasteiger partial charge in [0.25, 0.3) is 0 Å². The molecule has 3 atom stereocenters. The summed E-state index contributed by atoms with van der Waals surface area (Å²) in [5, 5.41) is 0. The van der Waals surface area contributed by atoms with Crippen molar-refractivity contribution in [1.29, 1.82) is 0 Å². The zero-order valence-electron chi connectivity index (χ0n) is 18.0. The van der Waals surface area contributed by atoms with Gasteiger partial charge in [0, 0.05) is 17.4 Å². The number of nitrogens with zero attached hydrogens (tertiary/aromatic N) is 1. The first-order chi connectivity index (χ1) is 16.0. The molecule has 1 saturated heterocycles. The number of carbonyl (C=O) groups excluding carboxylic acids is 3.